The number of anilines is 1. The summed E-state index contributed by atoms with van der Waals surface area (Å²) in [6, 6.07) is 5.36. The van der Waals surface area contributed by atoms with Gasteiger partial charge in [0.2, 0.25) is 0 Å². The lowest BCUT2D eigenvalue weighted by molar-refractivity contribution is -0.138. The Morgan fingerprint density at radius 2 is 1.56 bits per heavy atom. The Morgan fingerprint density at radius 3 is 2.12 bits per heavy atom. The Hall–Kier alpha value is -1.83. The standard InChI is InChI=1S/C17H13BrF5NO/c18-11-3-4-15(14(9-11)24-5-1-2-6-24)25-16-12(19)7-10(8-13(16)20)17(21,22)23/h3-4,7-9H,1-2,5-6H2. The normalized spacial score (nSPS) is 14.9. The van der Waals surface area contributed by atoms with Gasteiger partial charge < -0.3 is 9.64 Å². The number of rotatable bonds is 3. The Kier molecular flexibility index (Phi) is 4.90. The van der Waals surface area contributed by atoms with E-state index in [2.05, 4.69) is 15.9 Å². The molecule has 8 heteroatoms. The second kappa shape index (κ2) is 6.82. The average molecular weight is 422 g/mol. The molecule has 0 aliphatic carbocycles. The lowest BCUT2D eigenvalue weighted by Crippen LogP contribution is -2.18. The van der Waals surface area contributed by atoms with Crippen LogP contribution in [0.15, 0.2) is 34.8 Å². The van der Waals surface area contributed by atoms with Crippen molar-refractivity contribution in [3.05, 3.63) is 52.0 Å². The number of nitrogens with zero attached hydrogens (tertiary/aromatic N) is 1. The largest absolute Gasteiger partial charge is 0.449 e. The summed E-state index contributed by atoms with van der Waals surface area (Å²) in [6.07, 6.45) is -2.87. The monoisotopic (exact) mass is 421 g/mol. The van der Waals surface area contributed by atoms with Gasteiger partial charge in [-0.25, -0.2) is 8.78 Å². The van der Waals surface area contributed by atoms with E-state index < -0.39 is 29.1 Å². The summed E-state index contributed by atoms with van der Waals surface area (Å²) in [5, 5.41) is 0. The van der Waals surface area contributed by atoms with Crippen molar-refractivity contribution in [3.63, 3.8) is 0 Å². The van der Waals surface area contributed by atoms with Crippen molar-refractivity contribution >= 4 is 21.6 Å². The van der Waals surface area contributed by atoms with Crippen molar-refractivity contribution < 1.29 is 26.7 Å². The minimum absolute atomic E-state index is 0.183. The third-order valence-corrected chi connectivity index (χ3v) is 4.40. The quantitative estimate of drug-likeness (QED) is 0.552. The van der Waals surface area contributed by atoms with E-state index in [4.69, 9.17) is 4.74 Å². The maximum atomic E-state index is 14.0. The zero-order chi connectivity index (χ0) is 18.2. The van der Waals surface area contributed by atoms with Crippen LogP contribution in [0.2, 0.25) is 0 Å². The van der Waals surface area contributed by atoms with Gasteiger partial charge in [-0.1, -0.05) is 15.9 Å². The molecule has 2 aromatic carbocycles. The molecule has 0 N–H and O–H groups in total. The molecule has 1 aliphatic rings. The second-order valence-electron chi connectivity index (χ2n) is 5.68. The summed E-state index contributed by atoms with van der Waals surface area (Å²) in [4.78, 5) is 2.00. The fraction of sp³-hybridized carbons (Fsp3) is 0.294. The van der Waals surface area contributed by atoms with Gasteiger partial charge in [0.15, 0.2) is 23.1 Å². The summed E-state index contributed by atoms with van der Waals surface area (Å²) < 4.78 is 72.0. The van der Waals surface area contributed by atoms with Crippen LogP contribution < -0.4 is 9.64 Å². The van der Waals surface area contributed by atoms with Gasteiger partial charge in [-0.2, -0.15) is 13.2 Å². The third-order valence-electron chi connectivity index (χ3n) is 3.91. The summed E-state index contributed by atoms with van der Waals surface area (Å²) in [5.41, 5.74) is -0.768. The molecule has 1 fully saturated rings. The first-order valence-electron chi connectivity index (χ1n) is 7.54. The highest BCUT2D eigenvalue weighted by Crippen LogP contribution is 2.40. The number of hydrogen-bond acceptors (Lipinski definition) is 2. The zero-order valence-electron chi connectivity index (χ0n) is 12.8. The van der Waals surface area contributed by atoms with E-state index >= 15 is 0 Å². The molecule has 2 nitrogen and oxygen atoms in total. The van der Waals surface area contributed by atoms with E-state index in [-0.39, 0.29) is 17.9 Å². The molecule has 0 aromatic heterocycles. The topological polar surface area (TPSA) is 12.5 Å². The van der Waals surface area contributed by atoms with Crippen LogP contribution in [-0.4, -0.2) is 13.1 Å². The smallest absolute Gasteiger partial charge is 0.416 e. The minimum atomic E-state index is -4.83. The molecular weight excluding hydrogens is 409 g/mol. The van der Waals surface area contributed by atoms with Crippen LogP contribution in [0.5, 0.6) is 11.5 Å². The SMILES string of the molecule is Fc1cc(C(F)(F)F)cc(F)c1Oc1ccc(Br)cc1N1CCCC1. The van der Waals surface area contributed by atoms with Crippen molar-refractivity contribution in [2.24, 2.45) is 0 Å². The third kappa shape index (κ3) is 3.89. The van der Waals surface area contributed by atoms with Crippen LogP contribution in [0.25, 0.3) is 0 Å². The average Bonchev–Trinajstić information content (AvgIpc) is 3.05. The molecule has 0 saturated carbocycles. The summed E-state index contributed by atoms with van der Waals surface area (Å²) in [5.74, 6) is -3.47. The van der Waals surface area contributed by atoms with E-state index in [9.17, 15) is 22.0 Å². The van der Waals surface area contributed by atoms with E-state index in [0.29, 0.717) is 5.69 Å². The molecule has 134 valence electrons. The number of ether oxygens (including phenoxy) is 1. The van der Waals surface area contributed by atoms with E-state index in [0.717, 1.165) is 30.4 Å². The molecule has 0 unspecified atom stereocenters. The van der Waals surface area contributed by atoms with Gasteiger partial charge in [0.25, 0.3) is 0 Å². The van der Waals surface area contributed by atoms with Crippen molar-refractivity contribution in [2.75, 3.05) is 18.0 Å². The maximum absolute atomic E-state index is 14.0. The highest BCUT2D eigenvalue weighted by Gasteiger charge is 2.33. The van der Waals surface area contributed by atoms with E-state index in [1.54, 1.807) is 12.1 Å². The molecule has 25 heavy (non-hydrogen) atoms. The summed E-state index contributed by atoms with van der Waals surface area (Å²) in [6.45, 7) is 1.54. The second-order valence-corrected chi connectivity index (χ2v) is 6.59. The first kappa shape index (κ1) is 18.0. The molecule has 1 heterocycles. The van der Waals surface area contributed by atoms with Crippen LogP contribution in [0, 0.1) is 11.6 Å². The molecule has 0 bridgehead atoms. The van der Waals surface area contributed by atoms with Gasteiger partial charge in [-0.15, -0.1) is 0 Å². The molecule has 0 atom stereocenters. The van der Waals surface area contributed by atoms with Gasteiger partial charge in [-0.05, 0) is 43.2 Å². The van der Waals surface area contributed by atoms with E-state index in [1.807, 2.05) is 4.90 Å². The zero-order valence-corrected chi connectivity index (χ0v) is 14.4. The van der Waals surface area contributed by atoms with Gasteiger partial charge in [0.1, 0.15) is 0 Å². The lowest BCUT2D eigenvalue weighted by Gasteiger charge is -2.22. The van der Waals surface area contributed by atoms with E-state index in [1.165, 1.54) is 6.07 Å². The molecule has 0 radical (unpaired) electrons. The molecular formula is C17H13BrF5NO. The molecule has 0 spiro atoms. The highest BCUT2D eigenvalue weighted by molar-refractivity contribution is 9.10. The first-order valence-corrected chi connectivity index (χ1v) is 8.33. The molecule has 3 rings (SSSR count). The lowest BCUT2D eigenvalue weighted by atomic mass is 10.2. The van der Waals surface area contributed by atoms with Gasteiger partial charge in [0.05, 0.1) is 11.3 Å². The van der Waals surface area contributed by atoms with Gasteiger partial charge in [0, 0.05) is 17.6 Å². The number of hydrogen-bond donors (Lipinski definition) is 0. The van der Waals surface area contributed by atoms with Gasteiger partial charge in [-0.3, -0.25) is 0 Å². The molecule has 1 aliphatic heterocycles. The Morgan fingerprint density at radius 1 is 0.960 bits per heavy atom. The van der Waals surface area contributed by atoms with Crippen LogP contribution in [0.4, 0.5) is 27.6 Å². The Labute approximate surface area is 149 Å². The molecule has 1 saturated heterocycles. The Balaban J connectivity index is 1.98. The van der Waals surface area contributed by atoms with Crippen LogP contribution in [0.3, 0.4) is 0 Å². The van der Waals surface area contributed by atoms with Crippen LogP contribution in [0.1, 0.15) is 18.4 Å². The Bertz CT molecular complexity index is 764. The number of halogens is 6. The van der Waals surface area contributed by atoms with Gasteiger partial charge >= 0.3 is 6.18 Å². The molecule has 0 amide bonds. The van der Waals surface area contributed by atoms with Crippen LogP contribution in [-0.2, 0) is 6.18 Å². The van der Waals surface area contributed by atoms with Crippen molar-refractivity contribution in [2.45, 2.75) is 19.0 Å². The van der Waals surface area contributed by atoms with Crippen LogP contribution >= 0.6 is 15.9 Å². The van der Waals surface area contributed by atoms with Crippen molar-refractivity contribution in [1.29, 1.82) is 0 Å². The minimum Gasteiger partial charge on any atom is -0.449 e. The highest BCUT2D eigenvalue weighted by atomic mass is 79.9. The predicted octanol–water partition coefficient (Wildman–Crippen LogP) is 6.14. The first-order chi connectivity index (χ1) is 11.8. The summed E-state index contributed by atoms with van der Waals surface area (Å²) >= 11 is 3.33. The number of benzene rings is 2. The van der Waals surface area contributed by atoms with Crippen molar-refractivity contribution in [1.82, 2.24) is 0 Å². The number of alkyl halides is 3. The fourth-order valence-corrected chi connectivity index (χ4v) is 3.06. The predicted molar refractivity (Wildman–Crippen MR) is 87.0 cm³/mol. The molecule has 2 aromatic rings. The fourth-order valence-electron chi connectivity index (χ4n) is 2.71. The maximum Gasteiger partial charge on any atom is 0.416 e. The van der Waals surface area contributed by atoms with Crippen molar-refractivity contribution in [3.8, 4) is 11.5 Å². The summed E-state index contributed by atoms with van der Waals surface area (Å²) in [7, 11) is 0.